The zero-order valence-corrected chi connectivity index (χ0v) is 7.27. The third-order valence-electron chi connectivity index (χ3n) is 2.18. The molecule has 3 aromatic rings. The van der Waals surface area contributed by atoms with E-state index in [1.807, 2.05) is 30.5 Å². The van der Waals surface area contributed by atoms with Crippen molar-refractivity contribution >= 4 is 10.8 Å². The van der Waals surface area contributed by atoms with Crippen molar-refractivity contribution in [2.24, 2.45) is 0 Å². The molecule has 1 aromatic carbocycles. The first kappa shape index (κ1) is 7.32. The molecule has 3 rings (SSSR count). The van der Waals surface area contributed by atoms with Crippen LogP contribution in [0.25, 0.3) is 22.4 Å². The van der Waals surface area contributed by atoms with E-state index >= 15 is 0 Å². The van der Waals surface area contributed by atoms with Crippen molar-refractivity contribution in [1.29, 1.82) is 0 Å². The van der Waals surface area contributed by atoms with Crippen LogP contribution in [-0.2, 0) is 0 Å². The van der Waals surface area contributed by atoms with Crippen molar-refractivity contribution in [1.82, 2.24) is 15.2 Å². The zero-order valence-electron chi connectivity index (χ0n) is 7.27. The molecule has 0 aliphatic carbocycles. The highest BCUT2D eigenvalue weighted by atomic mass is 16.4. The van der Waals surface area contributed by atoms with Crippen molar-refractivity contribution in [3.8, 4) is 11.6 Å². The number of nitrogens with one attached hydrogen (secondary N) is 1. The van der Waals surface area contributed by atoms with Gasteiger partial charge in [-0.15, -0.1) is 10.2 Å². The minimum Gasteiger partial charge on any atom is -0.422 e. The molecule has 0 bridgehead atoms. The summed E-state index contributed by atoms with van der Waals surface area (Å²) in [6.07, 6.45) is 3.25. The number of rotatable bonds is 1. The Kier molecular flexibility index (Phi) is 1.41. The fourth-order valence-corrected chi connectivity index (χ4v) is 1.54. The van der Waals surface area contributed by atoms with Gasteiger partial charge < -0.3 is 9.40 Å². The maximum atomic E-state index is 5.13. The Labute approximate surface area is 79.6 Å². The van der Waals surface area contributed by atoms with Gasteiger partial charge in [0.05, 0.1) is 0 Å². The summed E-state index contributed by atoms with van der Waals surface area (Å²) in [4.78, 5) is 3.12. The van der Waals surface area contributed by atoms with Crippen LogP contribution in [0.4, 0.5) is 0 Å². The summed E-state index contributed by atoms with van der Waals surface area (Å²) in [7, 11) is 0. The van der Waals surface area contributed by atoms with Crippen LogP contribution in [0.1, 0.15) is 0 Å². The van der Waals surface area contributed by atoms with E-state index < -0.39 is 0 Å². The van der Waals surface area contributed by atoms with Crippen LogP contribution in [0.5, 0.6) is 0 Å². The maximum Gasteiger partial charge on any atom is 0.264 e. The summed E-state index contributed by atoms with van der Waals surface area (Å²) in [6.45, 7) is 0. The van der Waals surface area contributed by atoms with Crippen molar-refractivity contribution in [2.75, 3.05) is 0 Å². The van der Waals surface area contributed by atoms with Crippen LogP contribution >= 0.6 is 0 Å². The average Bonchev–Trinajstić information content (AvgIpc) is 2.85. The second kappa shape index (κ2) is 2.70. The average molecular weight is 185 g/mol. The first-order valence-electron chi connectivity index (χ1n) is 4.28. The highest BCUT2D eigenvalue weighted by Gasteiger charge is 2.09. The topological polar surface area (TPSA) is 54.7 Å². The third-order valence-corrected chi connectivity index (χ3v) is 2.18. The Morgan fingerprint density at radius 1 is 1.21 bits per heavy atom. The zero-order chi connectivity index (χ0) is 9.38. The number of fused-ring (bicyclic) bond motifs is 1. The van der Waals surface area contributed by atoms with E-state index in [4.69, 9.17) is 4.42 Å². The molecule has 0 saturated heterocycles. The van der Waals surface area contributed by atoms with Crippen LogP contribution in [0.2, 0.25) is 0 Å². The van der Waals surface area contributed by atoms with Gasteiger partial charge >= 0.3 is 0 Å². The van der Waals surface area contributed by atoms with Gasteiger partial charge in [-0.2, -0.15) is 0 Å². The fraction of sp³-hybridized carbons (Fsp3) is 0. The van der Waals surface area contributed by atoms with Gasteiger partial charge in [0.1, 0.15) is 5.69 Å². The van der Waals surface area contributed by atoms with Crippen LogP contribution in [0.3, 0.4) is 0 Å². The minimum absolute atomic E-state index is 0.520. The van der Waals surface area contributed by atoms with E-state index in [2.05, 4.69) is 15.2 Å². The molecule has 0 aliphatic heterocycles. The second-order valence-corrected chi connectivity index (χ2v) is 2.99. The molecule has 0 aliphatic rings. The molecule has 4 nitrogen and oxygen atoms in total. The first-order valence-corrected chi connectivity index (χ1v) is 4.28. The van der Waals surface area contributed by atoms with Crippen molar-refractivity contribution in [3.63, 3.8) is 0 Å². The molecule has 0 atom stereocenters. The molecular formula is C10H7N3O. The summed E-state index contributed by atoms with van der Waals surface area (Å²) >= 11 is 0. The molecule has 2 heterocycles. The molecule has 0 saturated carbocycles. The lowest BCUT2D eigenvalue weighted by molar-refractivity contribution is 0.567. The predicted molar refractivity (Wildman–Crippen MR) is 51.6 cm³/mol. The molecule has 0 fully saturated rings. The van der Waals surface area contributed by atoms with E-state index in [-0.39, 0.29) is 0 Å². The Hall–Kier alpha value is -2.10. The molecule has 4 heteroatoms. The van der Waals surface area contributed by atoms with Crippen LogP contribution in [0, 0.1) is 0 Å². The fourth-order valence-electron chi connectivity index (χ4n) is 1.54. The highest BCUT2D eigenvalue weighted by Crippen LogP contribution is 2.25. The van der Waals surface area contributed by atoms with Gasteiger partial charge in [0, 0.05) is 11.6 Å². The van der Waals surface area contributed by atoms with E-state index in [0.29, 0.717) is 5.89 Å². The number of benzene rings is 1. The second-order valence-electron chi connectivity index (χ2n) is 2.99. The van der Waals surface area contributed by atoms with Gasteiger partial charge in [-0.3, -0.25) is 0 Å². The van der Waals surface area contributed by atoms with E-state index in [9.17, 15) is 0 Å². The standard InChI is InChI=1S/C10H7N3O/c1-2-4-8-7(3-1)5-11-9(8)10-13-12-6-14-10/h1-6,11H. The van der Waals surface area contributed by atoms with Crippen LogP contribution < -0.4 is 0 Å². The van der Waals surface area contributed by atoms with Crippen molar-refractivity contribution in [3.05, 3.63) is 36.9 Å². The maximum absolute atomic E-state index is 5.13. The Morgan fingerprint density at radius 3 is 3.00 bits per heavy atom. The number of H-pyrrole nitrogens is 1. The van der Waals surface area contributed by atoms with Gasteiger partial charge in [0.2, 0.25) is 6.39 Å². The lowest BCUT2D eigenvalue weighted by Crippen LogP contribution is -1.77. The largest absolute Gasteiger partial charge is 0.422 e. The van der Waals surface area contributed by atoms with Gasteiger partial charge in [-0.05, 0) is 5.39 Å². The van der Waals surface area contributed by atoms with E-state index in [1.54, 1.807) is 0 Å². The van der Waals surface area contributed by atoms with Crippen LogP contribution in [0.15, 0.2) is 41.3 Å². The lowest BCUT2D eigenvalue weighted by Gasteiger charge is -1.90. The van der Waals surface area contributed by atoms with Gasteiger partial charge in [0.25, 0.3) is 5.89 Å². The summed E-state index contributed by atoms with van der Waals surface area (Å²) in [5, 5.41) is 9.74. The molecule has 14 heavy (non-hydrogen) atoms. The highest BCUT2D eigenvalue weighted by molar-refractivity contribution is 5.93. The van der Waals surface area contributed by atoms with E-state index in [1.165, 1.54) is 6.39 Å². The molecule has 0 radical (unpaired) electrons. The number of hydrogen-bond donors (Lipinski definition) is 1. The molecule has 0 unspecified atom stereocenters. The Morgan fingerprint density at radius 2 is 2.14 bits per heavy atom. The molecular weight excluding hydrogens is 178 g/mol. The first-order chi connectivity index (χ1) is 6.95. The molecule has 1 N–H and O–H groups in total. The van der Waals surface area contributed by atoms with Gasteiger partial charge in [-0.1, -0.05) is 24.3 Å². The quantitative estimate of drug-likeness (QED) is 0.632. The number of nitrogens with zero attached hydrogens (tertiary/aromatic N) is 2. The van der Waals surface area contributed by atoms with Crippen LogP contribution in [-0.4, -0.2) is 15.2 Å². The van der Waals surface area contributed by atoms with Gasteiger partial charge in [-0.25, -0.2) is 0 Å². The van der Waals surface area contributed by atoms with E-state index in [0.717, 1.165) is 16.5 Å². The monoisotopic (exact) mass is 185 g/mol. The summed E-state index contributed by atoms with van der Waals surface area (Å²) in [6, 6.07) is 8.03. The molecule has 68 valence electrons. The molecule has 0 spiro atoms. The SMILES string of the molecule is c1ccc2c(-c3nnco3)[nH]cc2c1. The van der Waals surface area contributed by atoms with Gasteiger partial charge in [0.15, 0.2) is 0 Å². The third kappa shape index (κ3) is 0.939. The molecule has 0 amide bonds. The summed E-state index contributed by atoms with van der Waals surface area (Å²) in [5.41, 5.74) is 0.873. The molecule has 2 aromatic heterocycles. The predicted octanol–water partition coefficient (Wildman–Crippen LogP) is 2.22. The lowest BCUT2D eigenvalue weighted by atomic mass is 10.2. The smallest absolute Gasteiger partial charge is 0.264 e. The summed E-state index contributed by atoms with van der Waals surface area (Å²) < 4.78 is 5.13. The Bertz CT molecular complexity index is 554. The summed E-state index contributed by atoms with van der Waals surface area (Å²) in [5.74, 6) is 0.520. The Balaban J connectivity index is 2.33. The van der Waals surface area contributed by atoms with Crippen molar-refractivity contribution < 1.29 is 4.42 Å². The number of aromatic amines is 1. The normalized spacial score (nSPS) is 10.9. The van der Waals surface area contributed by atoms with Crippen molar-refractivity contribution in [2.45, 2.75) is 0 Å². The number of aromatic nitrogens is 3. The number of hydrogen-bond acceptors (Lipinski definition) is 3. The minimum atomic E-state index is 0.520.